The molecule has 0 aliphatic heterocycles. The summed E-state index contributed by atoms with van der Waals surface area (Å²) in [4.78, 5) is 23.4. The van der Waals surface area contributed by atoms with Gasteiger partial charge in [0.15, 0.2) is 0 Å². The molecule has 0 radical (unpaired) electrons. The maximum atomic E-state index is 12.1. The first kappa shape index (κ1) is 10.9. The lowest BCUT2D eigenvalue weighted by Gasteiger charge is -2.07. The van der Waals surface area contributed by atoms with Gasteiger partial charge in [0.25, 0.3) is 0 Å². The van der Waals surface area contributed by atoms with E-state index in [9.17, 15) is 14.7 Å². The van der Waals surface area contributed by atoms with Crippen molar-refractivity contribution < 1.29 is 24.9 Å². The van der Waals surface area contributed by atoms with Crippen LogP contribution < -0.4 is 0 Å². The molecule has 110 valence electrons. The second-order valence-electron chi connectivity index (χ2n) is 4.93. The van der Waals surface area contributed by atoms with Gasteiger partial charge in [-0.2, -0.15) is 0 Å². The molecular weight excluding hydrogens is 256 g/mol. The summed E-state index contributed by atoms with van der Waals surface area (Å²) in [5.74, 6) is -2.03. The van der Waals surface area contributed by atoms with Crippen LogP contribution in [0.4, 0.5) is 0 Å². The second-order valence-corrected chi connectivity index (χ2v) is 4.93. The van der Waals surface area contributed by atoms with Crippen molar-refractivity contribution in [3.63, 3.8) is 0 Å². The molecule has 0 unspecified atom stereocenters. The number of benzene rings is 1. The standard InChI is InChI=1S/C16H22O4/c1-12(2)8-4-3-7-11-20-16(19)14-10-6-5-9-13(14)15(17)18/h5-6,9-10,12H,3-4,7-8,11H2,1-2H3,(H,17,18)/i5D,6D,9D,10D. The predicted octanol–water partition coefficient (Wildman–Crippen LogP) is 3.76. The zero-order valence-electron chi connectivity index (χ0n) is 15.8. The van der Waals surface area contributed by atoms with Gasteiger partial charge in [-0.3, -0.25) is 0 Å². The lowest BCUT2D eigenvalue weighted by atomic mass is 10.1. The number of carbonyl (C=O) groups excluding carboxylic acids is 1. The minimum Gasteiger partial charge on any atom is -0.478 e. The summed E-state index contributed by atoms with van der Waals surface area (Å²) in [6.45, 7) is 4.32. The lowest BCUT2D eigenvalue weighted by molar-refractivity contribution is 0.0487. The van der Waals surface area contributed by atoms with Crippen molar-refractivity contribution >= 4 is 11.9 Å². The molecule has 4 heteroatoms. The third-order valence-electron chi connectivity index (χ3n) is 2.76. The molecule has 20 heavy (non-hydrogen) atoms. The molecule has 0 aromatic heterocycles. The zero-order chi connectivity index (χ0) is 18.4. The molecule has 1 rings (SSSR count). The summed E-state index contributed by atoms with van der Waals surface area (Å²) in [6, 6.07) is -2.80. The van der Waals surface area contributed by atoms with Crippen molar-refractivity contribution in [2.24, 2.45) is 5.92 Å². The summed E-state index contributed by atoms with van der Waals surface area (Å²) >= 11 is 0. The molecular formula is C16H22O4. The Labute approximate surface area is 125 Å². The fraction of sp³-hybridized carbons (Fsp3) is 0.500. The molecule has 0 amide bonds. The molecule has 0 bridgehead atoms. The van der Waals surface area contributed by atoms with Gasteiger partial charge in [-0.15, -0.1) is 0 Å². The van der Waals surface area contributed by atoms with Gasteiger partial charge >= 0.3 is 11.9 Å². The van der Waals surface area contributed by atoms with Gasteiger partial charge in [-0.25, -0.2) is 9.59 Å². The van der Waals surface area contributed by atoms with Crippen molar-refractivity contribution in [3.05, 3.63) is 35.3 Å². The number of carboxylic acid groups (broad SMARTS) is 1. The van der Waals surface area contributed by atoms with Crippen LogP contribution in [0, 0.1) is 5.92 Å². The Kier molecular flexibility index (Phi) is 4.55. The van der Waals surface area contributed by atoms with Gasteiger partial charge in [-0.1, -0.05) is 45.2 Å². The van der Waals surface area contributed by atoms with Crippen molar-refractivity contribution in [2.45, 2.75) is 39.5 Å². The van der Waals surface area contributed by atoms with E-state index in [0.717, 1.165) is 19.3 Å². The molecule has 0 saturated heterocycles. The molecule has 0 aliphatic rings. The lowest BCUT2D eigenvalue weighted by Crippen LogP contribution is -2.12. The fourth-order valence-corrected chi connectivity index (χ4v) is 1.69. The van der Waals surface area contributed by atoms with E-state index in [-0.39, 0.29) is 6.61 Å². The highest BCUT2D eigenvalue weighted by molar-refractivity contribution is 6.02. The molecule has 0 fully saturated rings. The molecule has 0 atom stereocenters. The van der Waals surface area contributed by atoms with Crippen molar-refractivity contribution in [1.82, 2.24) is 0 Å². The Morgan fingerprint density at radius 1 is 1.20 bits per heavy atom. The molecule has 0 saturated carbocycles. The highest BCUT2D eigenvalue weighted by atomic mass is 16.5. The quantitative estimate of drug-likeness (QED) is 0.582. The molecule has 0 heterocycles. The number of hydrogen-bond acceptors (Lipinski definition) is 3. The number of unbranched alkanes of at least 4 members (excludes halogenated alkanes) is 2. The van der Waals surface area contributed by atoms with Crippen LogP contribution in [-0.2, 0) is 4.74 Å². The monoisotopic (exact) mass is 282 g/mol. The van der Waals surface area contributed by atoms with Crippen LogP contribution in [0.15, 0.2) is 24.2 Å². The number of rotatable bonds is 8. The molecule has 1 aromatic rings. The van der Waals surface area contributed by atoms with Crippen LogP contribution in [-0.4, -0.2) is 23.7 Å². The SMILES string of the molecule is [2H]c1c([2H])c([2H])c(C(=O)OCCCCCC(C)C)c(C(=O)O)c1[2H]. The Morgan fingerprint density at radius 2 is 1.85 bits per heavy atom. The van der Waals surface area contributed by atoms with Gasteiger partial charge in [0.1, 0.15) is 0 Å². The smallest absolute Gasteiger partial charge is 0.339 e. The van der Waals surface area contributed by atoms with E-state index in [2.05, 4.69) is 13.8 Å². The molecule has 0 aliphatic carbocycles. The summed E-state index contributed by atoms with van der Waals surface area (Å²) in [7, 11) is 0. The molecule has 1 aromatic carbocycles. The summed E-state index contributed by atoms with van der Waals surface area (Å²) in [6.07, 6.45) is 3.56. The average Bonchev–Trinajstić information content (AvgIpc) is 2.50. The van der Waals surface area contributed by atoms with Gasteiger partial charge in [0.2, 0.25) is 0 Å². The minimum absolute atomic E-state index is 0.0821. The van der Waals surface area contributed by atoms with E-state index in [0.29, 0.717) is 12.3 Å². The summed E-state index contributed by atoms with van der Waals surface area (Å²) in [5, 5.41) is 9.17. The van der Waals surface area contributed by atoms with Crippen LogP contribution in [0.25, 0.3) is 0 Å². The first-order chi connectivity index (χ1) is 11.2. The van der Waals surface area contributed by atoms with E-state index in [1.165, 1.54) is 0 Å². The van der Waals surface area contributed by atoms with Crippen molar-refractivity contribution in [3.8, 4) is 0 Å². The first-order valence-electron chi connectivity index (χ1n) is 8.69. The summed E-state index contributed by atoms with van der Waals surface area (Å²) < 4.78 is 35.4. The summed E-state index contributed by atoms with van der Waals surface area (Å²) in [5.41, 5.74) is -1.39. The fourth-order valence-electron chi connectivity index (χ4n) is 1.69. The van der Waals surface area contributed by atoms with E-state index in [1.54, 1.807) is 0 Å². The highest BCUT2D eigenvalue weighted by Gasteiger charge is 2.16. The Bertz CT molecular complexity index is 629. The number of carboxylic acids is 1. The van der Waals surface area contributed by atoms with Crippen LogP contribution in [0.2, 0.25) is 0 Å². The third-order valence-corrected chi connectivity index (χ3v) is 2.76. The first-order valence-corrected chi connectivity index (χ1v) is 6.69. The maximum Gasteiger partial charge on any atom is 0.339 e. The molecule has 1 N–H and O–H groups in total. The number of carbonyl (C=O) groups is 2. The third kappa shape index (κ3) is 5.43. The normalized spacial score (nSPS) is 13.3. The van der Waals surface area contributed by atoms with Crippen LogP contribution in [0.3, 0.4) is 0 Å². The molecule has 0 spiro atoms. The topological polar surface area (TPSA) is 63.6 Å². The zero-order valence-corrected chi connectivity index (χ0v) is 11.8. The van der Waals surface area contributed by atoms with Crippen molar-refractivity contribution in [1.29, 1.82) is 0 Å². The van der Waals surface area contributed by atoms with Crippen LogP contribution in [0.5, 0.6) is 0 Å². The number of ether oxygens (including phenoxy) is 1. The number of hydrogen-bond donors (Lipinski definition) is 1. The average molecular weight is 282 g/mol. The van der Waals surface area contributed by atoms with E-state index in [1.807, 2.05) is 0 Å². The Hall–Kier alpha value is -1.84. The largest absolute Gasteiger partial charge is 0.478 e. The van der Waals surface area contributed by atoms with Crippen LogP contribution in [0.1, 0.15) is 65.7 Å². The van der Waals surface area contributed by atoms with Gasteiger partial charge in [0, 0.05) is 0 Å². The maximum absolute atomic E-state index is 12.1. The van der Waals surface area contributed by atoms with Gasteiger partial charge in [-0.05, 0) is 24.4 Å². The van der Waals surface area contributed by atoms with Crippen molar-refractivity contribution in [2.75, 3.05) is 6.61 Å². The number of aromatic carboxylic acids is 1. The van der Waals surface area contributed by atoms with E-state index >= 15 is 0 Å². The Balaban J connectivity index is 2.85. The molecule has 4 nitrogen and oxygen atoms in total. The van der Waals surface area contributed by atoms with Gasteiger partial charge in [0.05, 0.1) is 23.2 Å². The predicted molar refractivity (Wildman–Crippen MR) is 77.0 cm³/mol. The number of esters is 1. The second kappa shape index (κ2) is 8.35. The van der Waals surface area contributed by atoms with Gasteiger partial charge < -0.3 is 9.84 Å². The minimum atomic E-state index is -1.59. The van der Waals surface area contributed by atoms with E-state index < -0.39 is 47.2 Å². The van der Waals surface area contributed by atoms with Crippen LogP contribution >= 0.6 is 0 Å². The van der Waals surface area contributed by atoms with E-state index in [4.69, 9.17) is 10.2 Å². The highest BCUT2D eigenvalue weighted by Crippen LogP contribution is 2.12. The Morgan fingerprint density at radius 3 is 2.45 bits per heavy atom.